The predicted molar refractivity (Wildman–Crippen MR) is 69.6 cm³/mol. The van der Waals surface area contributed by atoms with E-state index in [1.165, 1.54) is 37.6 Å². The Bertz CT molecular complexity index is 652. The van der Waals surface area contributed by atoms with Gasteiger partial charge in [0.2, 0.25) is 0 Å². The number of aromatic nitrogens is 1. The third kappa shape index (κ3) is 2.72. The number of methoxy groups -OCH3 is 1. The van der Waals surface area contributed by atoms with E-state index in [9.17, 15) is 4.39 Å². The quantitative estimate of drug-likeness (QED) is 0.883. The van der Waals surface area contributed by atoms with Crippen molar-refractivity contribution in [2.75, 3.05) is 18.2 Å². The van der Waals surface area contributed by atoms with Gasteiger partial charge in [-0.2, -0.15) is 5.26 Å². The number of pyridine rings is 1. The Balaban J connectivity index is 2.39. The number of rotatable bonds is 3. The Morgan fingerprint density at radius 1 is 1.42 bits per heavy atom. The van der Waals surface area contributed by atoms with Gasteiger partial charge in [0.15, 0.2) is 0 Å². The molecule has 0 aliphatic rings. The Labute approximate surface area is 109 Å². The van der Waals surface area contributed by atoms with E-state index in [2.05, 4.69) is 10.3 Å². The lowest BCUT2D eigenvalue weighted by Gasteiger charge is -2.10. The summed E-state index contributed by atoms with van der Waals surface area (Å²) in [6.07, 6.45) is 1.39. The third-order valence-corrected chi connectivity index (χ3v) is 2.46. The number of ether oxygens (including phenoxy) is 1. The number of nitrogens with zero attached hydrogens (tertiary/aromatic N) is 2. The van der Waals surface area contributed by atoms with Crippen LogP contribution in [0.3, 0.4) is 0 Å². The minimum atomic E-state index is -0.469. The van der Waals surface area contributed by atoms with E-state index in [0.717, 1.165) is 0 Å². The molecule has 19 heavy (non-hydrogen) atoms. The molecule has 0 bridgehead atoms. The molecule has 2 rings (SSSR count). The fourth-order valence-corrected chi connectivity index (χ4v) is 1.52. The van der Waals surface area contributed by atoms with E-state index in [1.54, 1.807) is 0 Å². The maximum absolute atomic E-state index is 13.7. The first-order valence-electron chi connectivity index (χ1n) is 5.40. The van der Waals surface area contributed by atoms with Crippen LogP contribution in [-0.2, 0) is 0 Å². The number of nitrogens with two attached hydrogens (primary N) is 1. The van der Waals surface area contributed by atoms with Gasteiger partial charge in [-0.15, -0.1) is 0 Å². The SMILES string of the molecule is COc1ccc(F)c(Nc2ncc(N)cc2C#N)c1. The van der Waals surface area contributed by atoms with Gasteiger partial charge in [0, 0.05) is 6.07 Å². The second-order valence-corrected chi connectivity index (χ2v) is 3.75. The normalized spacial score (nSPS) is 9.74. The zero-order valence-electron chi connectivity index (χ0n) is 10.1. The molecule has 0 aliphatic heterocycles. The lowest BCUT2D eigenvalue weighted by Crippen LogP contribution is -2.00. The number of nitrogen functional groups attached to an aromatic ring is 1. The molecule has 5 nitrogen and oxygen atoms in total. The van der Waals surface area contributed by atoms with Crippen LogP contribution < -0.4 is 15.8 Å². The molecule has 0 atom stereocenters. The van der Waals surface area contributed by atoms with Crippen molar-refractivity contribution in [2.24, 2.45) is 0 Å². The Morgan fingerprint density at radius 3 is 2.89 bits per heavy atom. The first kappa shape index (κ1) is 12.6. The number of benzene rings is 1. The third-order valence-electron chi connectivity index (χ3n) is 2.46. The van der Waals surface area contributed by atoms with E-state index in [-0.39, 0.29) is 17.1 Å². The van der Waals surface area contributed by atoms with Gasteiger partial charge >= 0.3 is 0 Å². The van der Waals surface area contributed by atoms with Crippen LogP contribution in [0.1, 0.15) is 5.56 Å². The second kappa shape index (κ2) is 5.23. The molecule has 0 fully saturated rings. The zero-order chi connectivity index (χ0) is 13.8. The Morgan fingerprint density at radius 2 is 2.21 bits per heavy atom. The molecular weight excluding hydrogens is 247 g/mol. The fourth-order valence-electron chi connectivity index (χ4n) is 1.52. The van der Waals surface area contributed by atoms with Crippen molar-refractivity contribution in [3.8, 4) is 11.8 Å². The van der Waals surface area contributed by atoms with Crippen molar-refractivity contribution in [1.82, 2.24) is 4.98 Å². The highest BCUT2D eigenvalue weighted by molar-refractivity contribution is 5.66. The number of nitrogens with one attached hydrogen (secondary N) is 1. The van der Waals surface area contributed by atoms with Crippen LogP contribution in [0.25, 0.3) is 0 Å². The molecule has 0 saturated heterocycles. The van der Waals surface area contributed by atoms with Gasteiger partial charge < -0.3 is 15.8 Å². The topological polar surface area (TPSA) is 84.0 Å². The summed E-state index contributed by atoms with van der Waals surface area (Å²) < 4.78 is 18.7. The maximum Gasteiger partial charge on any atom is 0.148 e. The molecule has 2 aromatic rings. The molecular formula is C13H11FN4O. The van der Waals surface area contributed by atoms with Crippen LogP contribution in [0.4, 0.5) is 21.6 Å². The van der Waals surface area contributed by atoms with E-state index < -0.39 is 5.82 Å². The number of hydrogen-bond acceptors (Lipinski definition) is 5. The molecule has 1 heterocycles. The fraction of sp³-hybridized carbons (Fsp3) is 0.0769. The van der Waals surface area contributed by atoms with Crippen molar-refractivity contribution in [1.29, 1.82) is 5.26 Å². The van der Waals surface area contributed by atoms with E-state index in [1.807, 2.05) is 6.07 Å². The van der Waals surface area contributed by atoms with Gasteiger partial charge in [0.05, 0.1) is 30.2 Å². The van der Waals surface area contributed by atoms with Crippen molar-refractivity contribution in [3.63, 3.8) is 0 Å². The van der Waals surface area contributed by atoms with Crippen LogP contribution in [0.15, 0.2) is 30.5 Å². The number of hydrogen-bond donors (Lipinski definition) is 2. The summed E-state index contributed by atoms with van der Waals surface area (Å²) in [7, 11) is 1.49. The summed E-state index contributed by atoms with van der Waals surface area (Å²) in [6.45, 7) is 0. The van der Waals surface area contributed by atoms with Crippen molar-refractivity contribution >= 4 is 17.2 Å². The standard InChI is InChI=1S/C13H11FN4O/c1-19-10-2-3-11(14)12(5-10)18-13-8(6-15)4-9(16)7-17-13/h2-5,7H,16H2,1H3,(H,17,18). The molecule has 0 saturated carbocycles. The molecule has 0 aliphatic carbocycles. The highest BCUT2D eigenvalue weighted by Crippen LogP contribution is 2.25. The Hall–Kier alpha value is -2.81. The zero-order valence-corrected chi connectivity index (χ0v) is 10.1. The van der Waals surface area contributed by atoms with Gasteiger partial charge in [0.1, 0.15) is 23.5 Å². The number of anilines is 3. The van der Waals surface area contributed by atoms with Crippen LogP contribution in [0, 0.1) is 17.1 Å². The van der Waals surface area contributed by atoms with Crippen LogP contribution in [0.2, 0.25) is 0 Å². The highest BCUT2D eigenvalue weighted by Gasteiger charge is 2.09. The number of nitriles is 1. The largest absolute Gasteiger partial charge is 0.497 e. The minimum Gasteiger partial charge on any atom is -0.497 e. The first-order chi connectivity index (χ1) is 9.13. The summed E-state index contributed by atoms with van der Waals surface area (Å²) in [4.78, 5) is 3.97. The molecule has 96 valence electrons. The monoisotopic (exact) mass is 258 g/mol. The summed E-state index contributed by atoms with van der Waals surface area (Å²) in [6, 6.07) is 7.66. The maximum atomic E-state index is 13.7. The van der Waals surface area contributed by atoms with Crippen LogP contribution in [-0.4, -0.2) is 12.1 Å². The van der Waals surface area contributed by atoms with E-state index >= 15 is 0 Å². The van der Waals surface area contributed by atoms with Gasteiger partial charge in [-0.1, -0.05) is 0 Å². The van der Waals surface area contributed by atoms with Gasteiger partial charge in [-0.3, -0.25) is 0 Å². The minimum absolute atomic E-state index is 0.174. The van der Waals surface area contributed by atoms with Crippen LogP contribution in [0.5, 0.6) is 5.75 Å². The van der Waals surface area contributed by atoms with Crippen molar-refractivity contribution in [3.05, 3.63) is 41.8 Å². The number of halogens is 1. The average Bonchev–Trinajstić information content (AvgIpc) is 2.43. The molecule has 0 unspecified atom stereocenters. The van der Waals surface area contributed by atoms with Crippen LogP contribution >= 0.6 is 0 Å². The molecule has 0 radical (unpaired) electrons. The van der Waals surface area contributed by atoms with Crippen molar-refractivity contribution < 1.29 is 9.13 Å². The molecule has 3 N–H and O–H groups in total. The van der Waals surface area contributed by atoms with Gasteiger partial charge in [-0.05, 0) is 18.2 Å². The van der Waals surface area contributed by atoms with Gasteiger partial charge in [-0.25, -0.2) is 9.37 Å². The molecule has 1 aromatic heterocycles. The molecule has 0 amide bonds. The summed E-state index contributed by atoms with van der Waals surface area (Å²) in [5.41, 5.74) is 6.32. The average molecular weight is 258 g/mol. The van der Waals surface area contributed by atoms with Crippen molar-refractivity contribution in [2.45, 2.75) is 0 Å². The lowest BCUT2D eigenvalue weighted by atomic mass is 10.2. The first-order valence-corrected chi connectivity index (χ1v) is 5.40. The summed E-state index contributed by atoms with van der Waals surface area (Å²) in [5, 5.41) is 11.7. The second-order valence-electron chi connectivity index (χ2n) is 3.75. The van der Waals surface area contributed by atoms with Gasteiger partial charge in [0.25, 0.3) is 0 Å². The smallest absolute Gasteiger partial charge is 0.148 e. The molecule has 0 spiro atoms. The molecule has 1 aromatic carbocycles. The highest BCUT2D eigenvalue weighted by atomic mass is 19.1. The summed E-state index contributed by atoms with van der Waals surface area (Å²) >= 11 is 0. The predicted octanol–water partition coefficient (Wildman–Crippen LogP) is 2.43. The lowest BCUT2D eigenvalue weighted by molar-refractivity contribution is 0.414. The Kier molecular flexibility index (Phi) is 3.48. The summed E-state index contributed by atoms with van der Waals surface area (Å²) in [5.74, 6) is 0.269. The van der Waals surface area contributed by atoms with E-state index in [4.69, 9.17) is 15.7 Å². The van der Waals surface area contributed by atoms with E-state index in [0.29, 0.717) is 11.4 Å². The molecule has 6 heteroatoms.